The Morgan fingerprint density at radius 2 is 1.76 bits per heavy atom. The van der Waals surface area contributed by atoms with Crippen LogP contribution < -0.4 is 15.4 Å². The first-order valence-corrected chi connectivity index (χ1v) is 12.3. The molecule has 1 aliphatic rings. The first-order valence-electron chi connectivity index (χ1n) is 11.9. The number of nitrogens with zero attached hydrogens (tertiary/aromatic N) is 3. The zero-order valence-corrected chi connectivity index (χ0v) is 21.9. The van der Waals surface area contributed by atoms with Gasteiger partial charge in [-0.3, -0.25) is 19.3 Å². The molecule has 2 N–H and O–H groups in total. The number of hydrogen-bond donors (Lipinski definition) is 1. The maximum absolute atomic E-state index is 13.2. The number of rotatable bonds is 9. The van der Waals surface area contributed by atoms with E-state index in [1.165, 1.54) is 37.4 Å². The number of methoxy groups -OCH3 is 1. The number of imide groups is 1. The van der Waals surface area contributed by atoms with Crippen molar-refractivity contribution in [1.29, 1.82) is 0 Å². The Morgan fingerprint density at radius 1 is 1.05 bits per heavy atom. The molecule has 0 unspecified atom stereocenters. The minimum absolute atomic E-state index is 0.0700. The normalized spacial score (nSPS) is 17.9. The summed E-state index contributed by atoms with van der Waals surface area (Å²) in [4.78, 5) is 43.0. The van der Waals surface area contributed by atoms with Crippen LogP contribution in [0.15, 0.2) is 42.5 Å². The molecule has 1 heterocycles. The van der Waals surface area contributed by atoms with Crippen LogP contribution in [-0.4, -0.2) is 79.6 Å². The smallest absolute Gasteiger partial charge is 0.260 e. The molecule has 0 saturated carbocycles. The van der Waals surface area contributed by atoms with Gasteiger partial charge < -0.3 is 20.1 Å². The first kappa shape index (κ1) is 28.5. The van der Waals surface area contributed by atoms with E-state index in [-0.39, 0.29) is 53.5 Å². The molecule has 1 fully saturated rings. The second-order valence-corrected chi connectivity index (χ2v) is 9.40. The molecular weight excluding hydrogens is 503 g/mol. The standard InChI is InChI=1S/C26H32ClFN4O5/c1-17-13-31(18(2)12-30(17)14-19-4-7-21(28)8-5-19)25(34)16-37-23-9-6-20(27)10-22(23)32(24(33)11-29)26(35)15-36-3/h4-10,17-18H,11-16,29H2,1-3H3/t17-,18+/m1/s1. The largest absolute Gasteiger partial charge is 0.482 e. The second kappa shape index (κ2) is 13.0. The Labute approximate surface area is 220 Å². The fraction of sp³-hybridized carbons (Fsp3) is 0.423. The van der Waals surface area contributed by atoms with E-state index in [2.05, 4.69) is 4.90 Å². The Balaban J connectivity index is 1.69. The van der Waals surface area contributed by atoms with Gasteiger partial charge in [0.2, 0.25) is 5.91 Å². The zero-order chi connectivity index (χ0) is 27.1. The van der Waals surface area contributed by atoms with Crippen molar-refractivity contribution in [2.45, 2.75) is 32.5 Å². The predicted octanol–water partition coefficient (Wildman–Crippen LogP) is 2.44. The van der Waals surface area contributed by atoms with Crippen LogP contribution in [-0.2, 0) is 25.7 Å². The average Bonchev–Trinajstić information content (AvgIpc) is 2.86. The number of carbonyl (C=O) groups is 3. The summed E-state index contributed by atoms with van der Waals surface area (Å²) < 4.78 is 23.9. The summed E-state index contributed by atoms with van der Waals surface area (Å²) in [6.45, 7) is 4.70. The number of nitrogens with two attached hydrogens (primary N) is 1. The van der Waals surface area contributed by atoms with Gasteiger partial charge in [0.05, 0.1) is 12.2 Å². The third-order valence-corrected chi connectivity index (χ3v) is 6.42. The van der Waals surface area contributed by atoms with Crippen molar-refractivity contribution in [3.63, 3.8) is 0 Å². The molecule has 1 aliphatic heterocycles. The van der Waals surface area contributed by atoms with E-state index in [0.717, 1.165) is 10.5 Å². The molecule has 0 aliphatic carbocycles. The highest BCUT2D eigenvalue weighted by Crippen LogP contribution is 2.32. The van der Waals surface area contributed by atoms with Gasteiger partial charge in [0.1, 0.15) is 18.2 Å². The van der Waals surface area contributed by atoms with Gasteiger partial charge in [-0.15, -0.1) is 0 Å². The highest BCUT2D eigenvalue weighted by atomic mass is 35.5. The minimum Gasteiger partial charge on any atom is -0.482 e. The maximum Gasteiger partial charge on any atom is 0.260 e. The highest BCUT2D eigenvalue weighted by molar-refractivity contribution is 6.31. The molecule has 1 saturated heterocycles. The van der Waals surface area contributed by atoms with Gasteiger partial charge in [0.25, 0.3) is 11.8 Å². The first-order chi connectivity index (χ1) is 17.6. The lowest BCUT2D eigenvalue weighted by atomic mass is 10.1. The number of carbonyl (C=O) groups excluding carboxylic acids is 3. The van der Waals surface area contributed by atoms with Crippen molar-refractivity contribution in [3.8, 4) is 5.75 Å². The van der Waals surface area contributed by atoms with Crippen LogP contribution in [0.2, 0.25) is 5.02 Å². The summed E-state index contributed by atoms with van der Waals surface area (Å²) in [5.41, 5.74) is 6.59. The van der Waals surface area contributed by atoms with E-state index < -0.39 is 18.4 Å². The Morgan fingerprint density at radius 3 is 2.41 bits per heavy atom. The van der Waals surface area contributed by atoms with Crippen LogP contribution in [0, 0.1) is 5.82 Å². The molecule has 0 spiro atoms. The van der Waals surface area contributed by atoms with Gasteiger partial charge >= 0.3 is 0 Å². The second-order valence-electron chi connectivity index (χ2n) is 8.96. The predicted molar refractivity (Wildman–Crippen MR) is 138 cm³/mol. The Kier molecular flexibility index (Phi) is 9.99. The lowest BCUT2D eigenvalue weighted by Gasteiger charge is -2.44. The molecule has 0 aromatic heterocycles. The van der Waals surface area contributed by atoms with E-state index in [4.69, 9.17) is 26.8 Å². The van der Waals surface area contributed by atoms with E-state index in [1.807, 2.05) is 13.8 Å². The zero-order valence-electron chi connectivity index (χ0n) is 21.2. The van der Waals surface area contributed by atoms with Crippen molar-refractivity contribution in [3.05, 3.63) is 58.9 Å². The van der Waals surface area contributed by atoms with Crippen LogP contribution in [0.1, 0.15) is 19.4 Å². The van der Waals surface area contributed by atoms with Crippen LogP contribution in [0.5, 0.6) is 5.75 Å². The number of anilines is 1. The third-order valence-electron chi connectivity index (χ3n) is 6.19. The molecule has 200 valence electrons. The van der Waals surface area contributed by atoms with Crippen molar-refractivity contribution >= 4 is 35.0 Å². The minimum atomic E-state index is -0.666. The van der Waals surface area contributed by atoms with Gasteiger partial charge in [-0.25, -0.2) is 9.29 Å². The summed E-state index contributed by atoms with van der Waals surface area (Å²) >= 11 is 6.12. The monoisotopic (exact) mass is 534 g/mol. The van der Waals surface area contributed by atoms with Crippen molar-refractivity contribution in [2.24, 2.45) is 5.73 Å². The van der Waals surface area contributed by atoms with Crippen LogP contribution in [0.25, 0.3) is 0 Å². The van der Waals surface area contributed by atoms with Gasteiger partial charge in [-0.1, -0.05) is 23.7 Å². The van der Waals surface area contributed by atoms with E-state index in [9.17, 15) is 18.8 Å². The number of amides is 3. The number of piperazine rings is 1. The fourth-order valence-corrected chi connectivity index (χ4v) is 4.45. The van der Waals surface area contributed by atoms with Gasteiger partial charge in [-0.05, 0) is 49.7 Å². The quantitative estimate of drug-likeness (QED) is 0.527. The summed E-state index contributed by atoms with van der Waals surface area (Å²) in [5, 5.41) is 0.272. The lowest BCUT2D eigenvalue weighted by molar-refractivity contribution is -0.139. The molecule has 11 heteroatoms. The Hall–Kier alpha value is -3.05. The van der Waals surface area contributed by atoms with E-state index >= 15 is 0 Å². The highest BCUT2D eigenvalue weighted by Gasteiger charge is 2.32. The number of benzene rings is 2. The SMILES string of the molecule is COCC(=O)N(C(=O)CN)c1cc(Cl)ccc1OCC(=O)N1C[C@@H](C)N(Cc2ccc(F)cc2)C[C@@H]1C. The molecular formula is C26H32ClFN4O5. The average molecular weight is 535 g/mol. The van der Waals surface area contributed by atoms with Crippen LogP contribution >= 0.6 is 11.6 Å². The molecule has 2 aromatic rings. The van der Waals surface area contributed by atoms with Gasteiger partial charge in [-0.2, -0.15) is 0 Å². The van der Waals surface area contributed by atoms with E-state index in [1.54, 1.807) is 17.0 Å². The molecule has 3 amide bonds. The summed E-state index contributed by atoms with van der Waals surface area (Å²) in [6.07, 6.45) is 0. The molecule has 0 radical (unpaired) electrons. The molecule has 0 bridgehead atoms. The van der Waals surface area contributed by atoms with E-state index in [0.29, 0.717) is 19.6 Å². The molecule has 2 atom stereocenters. The topological polar surface area (TPSA) is 105 Å². The molecule has 9 nitrogen and oxygen atoms in total. The number of ether oxygens (including phenoxy) is 2. The summed E-state index contributed by atoms with van der Waals surface area (Å²) in [7, 11) is 1.33. The van der Waals surface area contributed by atoms with Crippen molar-refractivity contribution in [2.75, 3.05) is 44.9 Å². The Bertz CT molecular complexity index is 1120. The third kappa shape index (κ3) is 7.26. The van der Waals surface area contributed by atoms with Crippen molar-refractivity contribution < 1.29 is 28.2 Å². The summed E-state index contributed by atoms with van der Waals surface area (Å²) in [6, 6.07) is 10.8. The lowest BCUT2D eigenvalue weighted by Crippen LogP contribution is -2.58. The summed E-state index contributed by atoms with van der Waals surface area (Å²) in [5.74, 6) is -1.68. The van der Waals surface area contributed by atoms with Crippen LogP contribution in [0.4, 0.5) is 10.1 Å². The van der Waals surface area contributed by atoms with Crippen molar-refractivity contribution in [1.82, 2.24) is 9.80 Å². The fourth-order valence-electron chi connectivity index (χ4n) is 4.29. The van der Waals surface area contributed by atoms with Gasteiger partial charge in [0.15, 0.2) is 6.61 Å². The molecule has 3 rings (SSSR count). The maximum atomic E-state index is 13.2. The van der Waals surface area contributed by atoms with Crippen LogP contribution in [0.3, 0.4) is 0 Å². The number of hydrogen-bond acceptors (Lipinski definition) is 7. The molecule has 37 heavy (non-hydrogen) atoms. The number of halogens is 2. The van der Waals surface area contributed by atoms with Gasteiger partial charge in [0, 0.05) is 43.9 Å². The molecule has 2 aromatic carbocycles.